The minimum atomic E-state index is -0.230. The summed E-state index contributed by atoms with van der Waals surface area (Å²) in [5.41, 5.74) is 0.674. The Kier molecular flexibility index (Phi) is 4.86. The quantitative estimate of drug-likeness (QED) is 0.858. The van der Waals surface area contributed by atoms with Crippen LogP contribution in [0.15, 0.2) is 36.5 Å². The van der Waals surface area contributed by atoms with Gasteiger partial charge in [-0.3, -0.25) is 4.79 Å². The number of halogens is 1. The molecule has 0 unspecified atom stereocenters. The smallest absolute Gasteiger partial charge is 0.262 e. The van der Waals surface area contributed by atoms with Crippen LogP contribution < -0.4 is 10.1 Å². The second-order valence-corrected chi connectivity index (χ2v) is 3.63. The van der Waals surface area contributed by atoms with Crippen molar-refractivity contribution in [2.24, 2.45) is 0 Å². The molecule has 0 aliphatic rings. The molecule has 16 heavy (non-hydrogen) atoms. The van der Waals surface area contributed by atoms with Gasteiger partial charge < -0.3 is 10.1 Å². The monoisotopic (exact) mass is 239 g/mol. The minimum Gasteiger partial charge on any atom is -0.482 e. The summed E-state index contributed by atoms with van der Waals surface area (Å²) >= 11 is 5.87. The number of hydrogen-bond acceptors (Lipinski definition) is 2. The van der Waals surface area contributed by atoms with E-state index in [2.05, 4.69) is 11.9 Å². The maximum absolute atomic E-state index is 11.4. The summed E-state index contributed by atoms with van der Waals surface area (Å²) in [6.07, 6.45) is 0.706. The van der Waals surface area contributed by atoms with Crippen LogP contribution in [0.2, 0.25) is 5.02 Å². The number of nitrogens with one attached hydrogen (secondary N) is 1. The van der Waals surface area contributed by atoms with E-state index in [-0.39, 0.29) is 12.5 Å². The number of allylic oxidation sites excluding steroid dienone is 1. The van der Waals surface area contributed by atoms with Crippen LogP contribution in [0.4, 0.5) is 0 Å². The van der Waals surface area contributed by atoms with Crippen molar-refractivity contribution < 1.29 is 9.53 Å². The lowest BCUT2D eigenvalue weighted by Gasteiger charge is -2.08. The Morgan fingerprint density at radius 1 is 1.50 bits per heavy atom. The number of ether oxygens (including phenoxy) is 1. The number of para-hydroxylation sites is 1. The first-order valence-electron chi connectivity index (χ1n) is 4.98. The van der Waals surface area contributed by atoms with Crippen LogP contribution in [-0.4, -0.2) is 12.5 Å². The minimum absolute atomic E-state index is 0.0667. The fourth-order valence-electron chi connectivity index (χ4n) is 1.03. The van der Waals surface area contributed by atoms with E-state index in [0.717, 1.165) is 0 Å². The lowest BCUT2D eigenvalue weighted by molar-refractivity contribution is -0.122. The first kappa shape index (κ1) is 12.6. The second kappa shape index (κ2) is 6.18. The number of carbonyl (C=O) groups is 1. The first-order valence-corrected chi connectivity index (χ1v) is 5.36. The molecule has 0 saturated carbocycles. The molecule has 0 aliphatic carbocycles. The van der Waals surface area contributed by atoms with Crippen LogP contribution in [0.3, 0.4) is 0 Å². The zero-order valence-electron chi connectivity index (χ0n) is 9.13. The highest BCUT2D eigenvalue weighted by atomic mass is 35.5. The molecule has 0 bridgehead atoms. The van der Waals surface area contributed by atoms with Crippen molar-refractivity contribution in [2.45, 2.75) is 13.3 Å². The summed E-state index contributed by atoms with van der Waals surface area (Å²) < 4.78 is 5.26. The molecular formula is C12H14ClNO2. The lowest BCUT2D eigenvalue weighted by atomic mass is 10.3. The topological polar surface area (TPSA) is 38.3 Å². The van der Waals surface area contributed by atoms with Crippen molar-refractivity contribution in [3.05, 3.63) is 41.6 Å². The van der Waals surface area contributed by atoms with E-state index in [1.807, 2.05) is 6.92 Å². The van der Waals surface area contributed by atoms with Crippen LogP contribution in [0, 0.1) is 0 Å². The highest BCUT2D eigenvalue weighted by Crippen LogP contribution is 2.22. The summed E-state index contributed by atoms with van der Waals surface area (Å²) in [5, 5.41) is 3.11. The van der Waals surface area contributed by atoms with Crippen molar-refractivity contribution in [2.75, 3.05) is 6.61 Å². The van der Waals surface area contributed by atoms with Gasteiger partial charge in [0.05, 0.1) is 5.02 Å². The van der Waals surface area contributed by atoms with Gasteiger partial charge in [-0.15, -0.1) is 0 Å². The standard InChI is InChI=1S/C12H14ClNO2/c1-3-9(2)14-12(15)8-16-11-7-5-4-6-10(11)13/h4-7H,2-3,8H2,1H3,(H,14,15). The molecule has 0 fully saturated rings. The largest absolute Gasteiger partial charge is 0.482 e. The predicted octanol–water partition coefficient (Wildman–Crippen LogP) is 2.76. The van der Waals surface area contributed by atoms with E-state index in [0.29, 0.717) is 22.9 Å². The molecule has 0 aromatic heterocycles. The third-order valence-corrected chi connectivity index (χ3v) is 2.25. The third kappa shape index (κ3) is 3.95. The van der Waals surface area contributed by atoms with E-state index in [1.165, 1.54) is 0 Å². The average molecular weight is 240 g/mol. The number of hydrogen-bond donors (Lipinski definition) is 1. The van der Waals surface area contributed by atoms with Crippen LogP contribution in [0.25, 0.3) is 0 Å². The molecule has 0 heterocycles. The Labute approximate surface area is 100 Å². The lowest BCUT2D eigenvalue weighted by Crippen LogP contribution is -2.27. The average Bonchev–Trinajstić information content (AvgIpc) is 2.28. The van der Waals surface area contributed by atoms with Gasteiger partial charge >= 0.3 is 0 Å². The summed E-state index contributed by atoms with van der Waals surface area (Å²) in [5.74, 6) is 0.271. The van der Waals surface area contributed by atoms with E-state index in [4.69, 9.17) is 16.3 Å². The van der Waals surface area contributed by atoms with Crippen molar-refractivity contribution in [1.29, 1.82) is 0 Å². The summed E-state index contributed by atoms with van der Waals surface area (Å²) in [7, 11) is 0. The molecule has 1 N–H and O–H groups in total. The Morgan fingerprint density at radius 3 is 2.81 bits per heavy atom. The highest BCUT2D eigenvalue weighted by Gasteiger charge is 2.05. The molecule has 4 heteroatoms. The van der Waals surface area contributed by atoms with Crippen LogP contribution in [0.5, 0.6) is 5.75 Å². The van der Waals surface area contributed by atoms with Crippen LogP contribution >= 0.6 is 11.6 Å². The van der Waals surface area contributed by atoms with Gasteiger partial charge in [-0.2, -0.15) is 0 Å². The predicted molar refractivity (Wildman–Crippen MR) is 64.5 cm³/mol. The van der Waals surface area contributed by atoms with E-state index in [1.54, 1.807) is 24.3 Å². The molecule has 0 radical (unpaired) electrons. The molecule has 0 saturated heterocycles. The first-order chi connectivity index (χ1) is 7.63. The van der Waals surface area contributed by atoms with Crippen molar-refractivity contribution in [3.8, 4) is 5.75 Å². The molecule has 0 spiro atoms. The van der Waals surface area contributed by atoms with Crippen LogP contribution in [0.1, 0.15) is 13.3 Å². The zero-order chi connectivity index (χ0) is 12.0. The van der Waals surface area contributed by atoms with Gasteiger partial charge in [0.25, 0.3) is 5.91 Å². The zero-order valence-corrected chi connectivity index (χ0v) is 9.88. The maximum atomic E-state index is 11.4. The molecule has 0 atom stereocenters. The van der Waals surface area contributed by atoms with Crippen molar-refractivity contribution >= 4 is 17.5 Å². The summed E-state index contributed by atoms with van der Waals surface area (Å²) in [4.78, 5) is 11.4. The van der Waals surface area contributed by atoms with Crippen LogP contribution in [-0.2, 0) is 4.79 Å². The molecule has 1 amide bonds. The van der Waals surface area contributed by atoms with E-state index in [9.17, 15) is 4.79 Å². The van der Waals surface area contributed by atoms with Gasteiger partial charge in [-0.1, -0.05) is 37.2 Å². The van der Waals surface area contributed by atoms with E-state index < -0.39 is 0 Å². The molecule has 3 nitrogen and oxygen atoms in total. The third-order valence-electron chi connectivity index (χ3n) is 1.94. The summed E-state index contributed by atoms with van der Waals surface area (Å²) in [6, 6.07) is 7.02. The molecular weight excluding hydrogens is 226 g/mol. The summed E-state index contributed by atoms with van der Waals surface area (Å²) in [6.45, 7) is 5.52. The second-order valence-electron chi connectivity index (χ2n) is 3.22. The Morgan fingerprint density at radius 2 is 2.19 bits per heavy atom. The van der Waals surface area contributed by atoms with Crippen molar-refractivity contribution in [3.63, 3.8) is 0 Å². The SMILES string of the molecule is C=C(CC)NC(=O)COc1ccccc1Cl. The maximum Gasteiger partial charge on any atom is 0.262 e. The highest BCUT2D eigenvalue weighted by molar-refractivity contribution is 6.32. The normalized spacial score (nSPS) is 9.62. The Hall–Kier alpha value is -1.48. The fraction of sp³-hybridized carbons (Fsp3) is 0.250. The fourth-order valence-corrected chi connectivity index (χ4v) is 1.22. The van der Waals surface area contributed by atoms with Gasteiger partial charge in [0.2, 0.25) is 0 Å². The molecule has 86 valence electrons. The van der Waals surface area contributed by atoms with Crippen molar-refractivity contribution in [1.82, 2.24) is 5.32 Å². The Bertz CT molecular complexity index is 390. The number of benzene rings is 1. The Balaban J connectivity index is 2.43. The molecule has 1 aromatic rings. The molecule has 1 rings (SSSR count). The number of amides is 1. The van der Waals surface area contributed by atoms with Gasteiger partial charge in [-0.25, -0.2) is 0 Å². The van der Waals surface area contributed by atoms with Gasteiger partial charge in [0.1, 0.15) is 5.75 Å². The van der Waals surface area contributed by atoms with Gasteiger partial charge in [0.15, 0.2) is 6.61 Å². The molecule has 0 aliphatic heterocycles. The molecule has 1 aromatic carbocycles. The van der Waals surface area contributed by atoms with E-state index >= 15 is 0 Å². The number of carbonyl (C=O) groups excluding carboxylic acids is 1. The van der Waals surface area contributed by atoms with Gasteiger partial charge in [0, 0.05) is 5.70 Å². The van der Waals surface area contributed by atoms with Gasteiger partial charge in [-0.05, 0) is 18.6 Å². The number of rotatable bonds is 5.